The van der Waals surface area contributed by atoms with Gasteiger partial charge in [-0.25, -0.2) is 4.79 Å². The van der Waals surface area contributed by atoms with Gasteiger partial charge in [0.15, 0.2) is 0 Å². The van der Waals surface area contributed by atoms with Crippen LogP contribution in [0.3, 0.4) is 0 Å². The summed E-state index contributed by atoms with van der Waals surface area (Å²) in [4.78, 5) is 46.2. The average molecular weight is 425 g/mol. The summed E-state index contributed by atoms with van der Waals surface area (Å²) in [6.45, 7) is 5.98. The summed E-state index contributed by atoms with van der Waals surface area (Å²) in [5.41, 5.74) is 2.01. The highest BCUT2D eigenvalue weighted by atomic mass is 16.5. The number of likely N-dealkylation sites (tertiary alicyclic amines) is 1. The molecule has 0 unspecified atom stereocenters. The van der Waals surface area contributed by atoms with Crippen molar-refractivity contribution in [2.75, 3.05) is 32.7 Å². The third kappa shape index (κ3) is 4.30. The second-order valence-corrected chi connectivity index (χ2v) is 8.11. The van der Waals surface area contributed by atoms with Gasteiger partial charge in [-0.1, -0.05) is 29.4 Å². The molecular weight excluding hydrogens is 398 g/mol. The highest BCUT2D eigenvalue weighted by Gasteiger charge is 2.38. The number of imide groups is 1. The summed E-state index contributed by atoms with van der Waals surface area (Å²) in [5.74, 6) is -0.0778. The lowest BCUT2D eigenvalue weighted by molar-refractivity contribution is -0.154. The molecule has 9 nitrogen and oxygen atoms in total. The van der Waals surface area contributed by atoms with Gasteiger partial charge in [-0.3, -0.25) is 14.5 Å². The molecule has 4 rings (SSSR count). The van der Waals surface area contributed by atoms with Crippen molar-refractivity contribution in [3.05, 3.63) is 35.7 Å². The summed E-state index contributed by atoms with van der Waals surface area (Å²) in [7, 11) is 0. The number of carbonyl (C=O) groups is 3. The van der Waals surface area contributed by atoms with Crippen molar-refractivity contribution in [1.29, 1.82) is 0 Å². The number of benzene rings is 1. The molecule has 164 valence electrons. The van der Waals surface area contributed by atoms with Gasteiger partial charge in [-0.15, -0.1) is 0 Å². The summed E-state index contributed by atoms with van der Waals surface area (Å²) >= 11 is 0. The summed E-state index contributed by atoms with van der Waals surface area (Å²) in [6.07, 6.45) is 2.33. The number of urea groups is 1. The molecule has 0 bridgehead atoms. The zero-order valence-electron chi connectivity index (χ0n) is 17.9. The first-order valence-corrected chi connectivity index (χ1v) is 10.8. The van der Waals surface area contributed by atoms with Crippen LogP contribution < -0.4 is 0 Å². The summed E-state index contributed by atoms with van der Waals surface area (Å²) in [5, 5.41) is 4.11. The van der Waals surface area contributed by atoms with Crippen LogP contribution in [0.2, 0.25) is 0 Å². The Hall–Kier alpha value is -3.23. The largest absolute Gasteiger partial charge is 0.339 e. The SMILES string of the molecule is CCN1CCN(C(=O)N2CCC[C@@H](Cc3nc(-c4ccccc4C)no3)C2)C(=O)C1=O. The number of aromatic nitrogens is 2. The summed E-state index contributed by atoms with van der Waals surface area (Å²) in [6, 6.07) is 7.48. The minimum atomic E-state index is -0.736. The smallest absolute Gasteiger partial charge is 0.327 e. The molecule has 0 N–H and O–H groups in total. The number of amides is 4. The number of piperidine rings is 1. The first-order chi connectivity index (χ1) is 15.0. The van der Waals surface area contributed by atoms with Gasteiger partial charge >= 0.3 is 17.8 Å². The Bertz CT molecular complexity index is 988. The number of likely N-dealkylation sites (N-methyl/N-ethyl adjacent to an activating group) is 1. The van der Waals surface area contributed by atoms with E-state index in [1.54, 1.807) is 4.90 Å². The van der Waals surface area contributed by atoms with E-state index in [1.165, 1.54) is 4.90 Å². The fourth-order valence-corrected chi connectivity index (χ4v) is 4.25. The van der Waals surface area contributed by atoms with Crippen LogP contribution in [0.5, 0.6) is 0 Å². The predicted octanol–water partition coefficient (Wildman–Crippen LogP) is 2.11. The fraction of sp³-hybridized carbons (Fsp3) is 0.500. The Morgan fingerprint density at radius 3 is 2.74 bits per heavy atom. The van der Waals surface area contributed by atoms with E-state index < -0.39 is 11.8 Å². The van der Waals surface area contributed by atoms with Gasteiger partial charge in [0.05, 0.1) is 0 Å². The number of aryl methyl sites for hydroxylation is 1. The molecule has 31 heavy (non-hydrogen) atoms. The van der Waals surface area contributed by atoms with E-state index in [2.05, 4.69) is 10.1 Å². The standard InChI is InChI=1S/C22H27N5O4/c1-3-25-11-12-27(21(29)20(25)28)22(30)26-10-6-8-16(14-26)13-18-23-19(24-31-18)17-9-5-4-7-15(17)2/h4-5,7,9,16H,3,6,8,10-14H2,1-2H3/t16-/m0/s1. The van der Waals surface area contributed by atoms with Crippen molar-refractivity contribution in [3.63, 3.8) is 0 Å². The first-order valence-electron chi connectivity index (χ1n) is 10.8. The van der Waals surface area contributed by atoms with E-state index in [4.69, 9.17) is 4.52 Å². The molecule has 1 aromatic heterocycles. The molecule has 0 radical (unpaired) electrons. The molecule has 1 atom stereocenters. The van der Waals surface area contributed by atoms with E-state index in [-0.39, 0.29) is 18.5 Å². The van der Waals surface area contributed by atoms with Gasteiger partial charge in [0.2, 0.25) is 11.7 Å². The van der Waals surface area contributed by atoms with Gasteiger partial charge in [0.25, 0.3) is 0 Å². The highest BCUT2D eigenvalue weighted by Crippen LogP contribution is 2.24. The number of carbonyl (C=O) groups excluding carboxylic acids is 3. The van der Waals surface area contributed by atoms with Crippen LogP contribution in [0.25, 0.3) is 11.4 Å². The fourth-order valence-electron chi connectivity index (χ4n) is 4.25. The van der Waals surface area contributed by atoms with E-state index in [9.17, 15) is 14.4 Å². The van der Waals surface area contributed by atoms with Crippen LogP contribution >= 0.6 is 0 Å². The van der Waals surface area contributed by atoms with Crippen LogP contribution in [-0.4, -0.2) is 75.4 Å². The molecule has 0 aliphatic carbocycles. The molecule has 2 aliphatic rings. The molecule has 2 aliphatic heterocycles. The number of nitrogens with zero attached hydrogens (tertiary/aromatic N) is 5. The lowest BCUT2D eigenvalue weighted by Crippen LogP contribution is -2.59. The van der Waals surface area contributed by atoms with Gasteiger partial charge in [-0.05, 0) is 38.2 Å². The van der Waals surface area contributed by atoms with E-state index in [0.29, 0.717) is 44.3 Å². The molecular formula is C22H27N5O4. The number of hydrogen-bond acceptors (Lipinski definition) is 6. The molecule has 0 spiro atoms. The minimum absolute atomic E-state index is 0.158. The van der Waals surface area contributed by atoms with Crippen molar-refractivity contribution >= 4 is 17.8 Å². The lowest BCUT2D eigenvalue weighted by atomic mass is 9.95. The Morgan fingerprint density at radius 1 is 1.16 bits per heavy atom. The maximum absolute atomic E-state index is 12.9. The Balaban J connectivity index is 1.39. The quantitative estimate of drug-likeness (QED) is 0.696. The molecule has 0 saturated carbocycles. The summed E-state index contributed by atoms with van der Waals surface area (Å²) < 4.78 is 5.46. The van der Waals surface area contributed by atoms with Gasteiger partial charge < -0.3 is 14.3 Å². The minimum Gasteiger partial charge on any atom is -0.339 e. The van der Waals surface area contributed by atoms with E-state index >= 15 is 0 Å². The second-order valence-electron chi connectivity index (χ2n) is 8.11. The van der Waals surface area contributed by atoms with Crippen molar-refractivity contribution in [2.24, 2.45) is 5.92 Å². The third-order valence-electron chi connectivity index (χ3n) is 6.03. The highest BCUT2D eigenvalue weighted by molar-refractivity contribution is 6.38. The maximum Gasteiger partial charge on any atom is 0.327 e. The Kier molecular flexibility index (Phi) is 6.01. The van der Waals surface area contributed by atoms with Gasteiger partial charge in [0.1, 0.15) is 0 Å². The molecule has 9 heteroatoms. The van der Waals surface area contributed by atoms with Crippen LogP contribution in [-0.2, 0) is 16.0 Å². The Morgan fingerprint density at radius 2 is 1.97 bits per heavy atom. The molecule has 1 aromatic carbocycles. The normalized spacial score (nSPS) is 19.8. The first kappa shape index (κ1) is 21.0. The zero-order chi connectivity index (χ0) is 22.0. The van der Waals surface area contributed by atoms with Crippen LogP contribution in [0.4, 0.5) is 4.79 Å². The maximum atomic E-state index is 12.9. The number of rotatable bonds is 4. The van der Waals surface area contributed by atoms with Crippen molar-refractivity contribution in [2.45, 2.75) is 33.1 Å². The van der Waals surface area contributed by atoms with Crippen molar-refractivity contribution < 1.29 is 18.9 Å². The van der Waals surface area contributed by atoms with Crippen molar-refractivity contribution in [3.8, 4) is 11.4 Å². The molecule has 4 amide bonds. The van der Waals surface area contributed by atoms with Crippen LogP contribution in [0.15, 0.2) is 28.8 Å². The molecule has 2 fully saturated rings. The third-order valence-corrected chi connectivity index (χ3v) is 6.03. The van der Waals surface area contributed by atoms with Gasteiger partial charge in [-0.2, -0.15) is 4.98 Å². The lowest BCUT2D eigenvalue weighted by Gasteiger charge is -2.38. The number of piperazine rings is 1. The Labute approximate surface area is 181 Å². The molecule has 2 saturated heterocycles. The zero-order valence-corrected chi connectivity index (χ0v) is 17.9. The average Bonchev–Trinajstić information content (AvgIpc) is 3.24. The van der Waals surface area contributed by atoms with E-state index in [0.717, 1.165) is 28.9 Å². The molecule has 2 aromatic rings. The van der Waals surface area contributed by atoms with Crippen LogP contribution in [0, 0.1) is 12.8 Å². The molecule has 3 heterocycles. The second kappa shape index (κ2) is 8.87. The van der Waals surface area contributed by atoms with E-state index in [1.807, 2.05) is 38.1 Å². The van der Waals surface area contributed by atoms with Crippen LogP contribution in [0.1, 0.15) is 31.2 Å². The predicted molar refractivity (Wildman–Crippen MR) is 112 cm³/mol. The van der Waals surface area contributed by atoms with Gasteiger partial charge in [0, 0.05) is 44.7 Å². The van der Waals surface area contributed by atoms with Crippen molar-refractivity contribution in [1.82, 2.24) is 24.8 Å². The number of hydrogen-bond donors (Lipinski definition) is 0. The topological polar surface area (TPSA) is 99.8 Å². The monoisotopic (exact) mass is 425 g/mol.